The molecule has 0 aliphatic heterocycles. The van der Waals surface area contributed by atoms with Crippen LogP contribution < -0.4 is 5.32 Å². The fourth-order valence-electron chi connectivity index (χ4n) is 2.26. The van der Waals surface area contributed by atoms with Crippen molar-refractivity contribution in [1.29, 1.82) is 0 Å². The third-order valence-corrected chi connectivity index (χ3v) is 4.85. The molecule has 1 aromatic carbocycles. The summed E-state index contributed by atoms with van der Waals surface area (Å²) in [4.78, 5) is 21.1. The molecule has 0 fully saturated rings. The normalized spacial score (nSPS) is 11.0. The largest absolute Gasteiger partial charge is 0.322 e. The molecule has 3 rings (SSSR count). The maximum absolute atomic E-state index is 12.4. The number of nitrogens with one attached hydrogen (secondary N) is 1. The van der Waals surface area contributed by atoms with Crippen LogP contribution in [-0.2, 0) is 6.54 Å². The average molecular weight is 475 g/mol. The number of fused-ring (bicyclic) bond motifs is 1. The second-order valence-electron chi connectivity index (χ2n) is 5.10. The lowest BCUT2D eigenvalue weighted by atomic mass is 10.2. The zero-order chi connectivity index (χ0) is 17.1. The Hall–Kier alpha value is -1.38. The molecule has 5 nitrogen and oxygen atoms in total. The Morgan fingerprint density at radius 1 is 1.21 bits per heavy atom. The number of nitrogens with zero attached hydrogens (tertiary/aromatic N) is 3. The molecular weight excluding hydrogens is 462 g/mol. The summed E-state index contributed by atoms with van der Waals surface area (Å²) in [6.07, 6.45) is 4.21. The Kier molecular flexibility index (Phi) is 5.57. The number of rotatable bonds is 5. The summed E-state index contributed by atoms with van der Waals surface area (Å²) in [6.45, 7) is 0.819. The number of carbonyl (C=O) groups excluding carboxylic acids is 1. The average Bonchev–Trinajstić information content (AvgIpc) is 2.99. The highest BCUT2D eigenvalue weighted by molar-refractivity contribution is 14.1. The van der Waals surface area contributed by atoms with E-state index in [-0.39, 0.29) is 5.91 Å². The van der Waals surface area contributed by atoms with E-state index in [9.17, 15) is 4.79 Å². The van der Waals surface area contributed by atoms with E-state index in [4.69, 9.17) is 23.2 Å². The fourth-order valence-corrected chi connectivity index (χ4v) is 2.99. The van der Waals surface area contributed by atoms with Gasteiger partial charge in [-0.1, -0.05) is 45.8 Å². The number of benzene rings is 1. The van der Waals surface area contributed by atoms with Crippen LogP contribution in [0.25, 0.3) is 11.2 Å². The van der Waals surface area contributed by atoms with Crippen LogP contribution in [0.5, 0.6) is 0 Å². The molecule has 1 N–H and O–H groups in total. The van der Waals surface area contributed by atoms with Gasteiger partial charge < -0.3 is 9.88 Å². The van der Waals surface area contributed by atoms with Gasteiger partial charge in [0.05, 0.1) is 16.9 Å². The topological polar surface area (TPSA) is 59.8 Å². The van der Waals surface area contributed by atoms with Crippen LogP contribution in [0.15, 0.2) is 36.8 Å². The number of carbonyl (C=O) groups is 1. The van der Waals surface area contributed by atoms with Gasteiger partial charge >= 0.3 is 0 Å². The Morgan fingerprint density at radius 3 is 2.67 bits per heavy atom. The van der Waals surface area contributed by atoms with Crippen molar-refractivity contribution in [1.82, 2.24) is 14.5 Å². The molecule has 24 heavy (non-hydrogen) atoms. The number of hydrogen-bond donors (Lipinski definition) is 1. The smallest absolute Gasteiger partial charge is 0.258 e. The van der Waals surface area contributed by atoms with E-state index in [1.807, 2.05) is 4.57 Å². The molecule has 124 valence electrons. The lowest BCUT2D eigenvalue weighted by molar-refractivity contribution is 0.102. The highest BCUT2D eigenvalue weighted by atomic mass is 127. The van der Waals surface area contributed by atoms with Crippen molar-refractivity contribution in [2.45, 2.75) is 13.0 Å². The zero-order valence-corrected chi connectivity index (χ0v) is 16.1. The van der Waals surface area contributed by atoms with Gasteiger partial charge in [0, 0.05) is 27.9 Å². The highest BCUT2D eigenvalue weighted by Gasteiger charge is 2.17. The van der Waals surface area contributed by atoms with Crippen molar-refractivity contribution in [3.8, 4) is 0 Å². The van der Waals surface area contributed by atoms with Crippen LogP contribution in [0, 0.1) is 0 Å². The molecule has 2 aromatic heterocycles. The zero-order valence-electron chi connectivity index (χ0n) is 12.5. The van der Waals surface area contributed by atoms with E-state index >= 15 is 0 Å². The van der Waals surface area contributed by atoms with Gasteiger partial charge in [0.2, 0.25) is 0 Å². The van der Waals surface area contributed by atoms with Crippen LogP contribution in [0.1, 0.15) is 16.8 Å². The molecule has 0 saturated carbocycles. The summed E-state index contributed by atoms with van der Waals surface area (Å²) >= 11 is 14.5. The van der Waals surface area contributed by atoms with Gasteiger partial charge in [0.25, 0.3) is 5.91 Å². The van der Waals surface area contributed by atoms with E-state index in [2.05, 4.69) is 37.9 Å². The fraction of sp³-hybridized carbons (Fsp3) is 0.188. The Morgan fingerprint density at radius 2 is 1.96 bits per heavy atom. The van der Waals surface area contributed by atoms with Crippen LogP contribution in [-0.4, -0.2) is 24.9 Å². The number of hydrogen-bond acceptors (Lipinski definition) is 3. The maximum Gasteiger partial charge on any atom is 0.258 e. The molecule has 0 aliphatic rings. The lowest BCUT2D eigenvalue weighted by Gasteiger charge is -2.07. The standard InChI is InChI=1S/C16H13Cl2IN4O/c17-10-2-4-11(5-3-10)22-16(24)12-8-20-15-14(13(12)18)21-9-23(15)7-1-6-19/h2-5,8-9H,1,6-7H2,(H,22,24). The number of aryl methyl sites for hydroxylation is 1. The number of aromatic nitrogens is 3. The molecule has 1 amide bonds. The van der Waals surface area contributed by atoms with Crippen molar-refractivity contribution in [3.63, 3.8) is 0 Å². The Bertz CT molecular complexity index is 880. The number of imidazole rings is 1. The predicted octanol–water partition coefficient (Wildman–Crippen LogP) is 4.82. The summed E-state index contributed by atoms with van der Waals surface area (Å²) in [5.41, 5.74) is 2.15. The molecule has 3 aromatic rings. The predicted molar refractivity (Wildman–Crippen MR) is 105 cm³/mol. The van der Waals surface area contributed by atoms with Crippen molar-refractivity contribution in [3.05, 3.63) is 52.4 Å². The summed E-state index contributed by atoms with van der Waals surface area (Å²) < 4.78 is 2.99. The van der Waals surface area contributed by atoms with E-state index in [1.165, 1.54) is 6.20 Å². The molecule has 0 radical (unpaired) electrons. The van der Waals surface area contributed by atoms with Crippen molar-refractivity contribution < 1.29 is 4.79 Å². The summed E-state index contributed by atoms with van der Waals surface area (Å²) in [6, 6.07) is 6.85. The number of halogens is 3. The minimum absolute atomic E-state index is 0.290. The van der Waals surface area contributed by atoms with Gasteiger partial charge in [-0.2, -0.15) is 0 Å². The van der Waals surface area contributed by atoms with Crippen molar-refractivity contribution in [2.24, 2.45) is 0 Å². The number of amides is 1. The van der Waals surface area contributed by atoms with E-state index in [0.29, 0.717) is 32.5 Å². The first-order valence-electron chi connectivity index (χ1n) is 7.22. The third kappa shape index (κ3) is 3.65. The maximum atomic E-state index is 12.4. The van der Waals surface area contributed by atoms with Gasteiger partial charge in [0.1, 0.15) is 5.52 Å². The first-order chi connectivity index (χ1) is 11.6. The van der Waals surface area contributed by atoms with Gasteiger partial charge in [-0.05, 0) is 30.7 Å². The van der Waals surface area contributed by atoms with Crippen LogP contribution >= 0.6 is 45.8 Å². The molecule has 2 heterocycles. The SMILES string of the molecule is O=C(Nc1ccc(Cl)cc1)c1cnc2c(ncn2CCCI)c1Cl. The molecule has 0 unspecified atom stereocenters. The summed E-state index contributed by atoms with van der Waals surface area (Å²) in [5, 5.41) is 3.68. The minimum atomic E-state index is -0.335. The van der Waals surface area contributed by atoms with Gasteiger partial charge in [-0.15, -0.1) is 0 Å². The molecule has 0 aliphatic carbocycles. The van der Waals surface area contributed by atoms with E-state index in [1.54, 1.807) is 30.6 Å². The van der Waals surface area contributed by atoms with E-state index < -0.39 is 0 Å². The number of alkyl halides is 1. The monoisotopic (exact) mass is 474 g/mol. The lowest BCUT2D eigenvalue weighted by Crippen LogP contribution is -2.13. The Labute approximate surface area is 162 Å². The molecular formula is C16H13Cl2IN4O. The second kappa shape index (κ2) is 7.67. The first kappa shape index (κ1) is 17.4. The minimum Gasteiger partial charge on any atom is -0.322 e. The van der Waals surface area contributed by atoms with Crippen LogP contribution in [0.3, 0.4) is 0 Å². The number of pyridine rings is 1. The quantitative estimate of drug-likeness (QED) is 0.426. The van der Waals surface area contributed by atoms with E-state index in [0.717, 1.165) is 17.4 Å². The van der Waals surface area contributed by atoms with Crippen LogP contribution in [0.4, 0.5) is 5.69 Å². The molecule has 0 spiro atoms. The van der Waals surface area contributed by atoms with Crippen LogP contribution in [0.2, 0.25) is 10.0 Å². The third-order valence-electron chi connectivity index (χ3n) is 3.45. The molecule has 8 heteroatoms. The molecule has 0 bridgehead atoms. The summed E-state index contributed by atoms with van der Waals surface area (Å²) in [7, 11) is 0. The van der Waals surface area contributed by atoms with Crippen molar-refractivity contribution >= 4 is 68.6 Å². The molecule has 0 saturated heterocycles. The highest BCUT2D eigenvalue weighted by Crippen LogP contribution is 2.25. The number of anilines is 1. The second-order valence-corrected chi connectivity index (χ2v) is 6.99. The van der Waals surface area contributed by atoms with Gasteiger partial charge in [-0.25, -0.2) is 9.97 Å². The molecule has 0 atom stereocenters. The van der Waals surface area contributed by atoms with Gasteiger partial charge in [-0.3, -0.25) is 4.79 Å². The first-order valence-corrected chi connectivity index (χ1v) is 9.50. The van der Waals surface area contributed by atoms with Crippen molar-refractivity contribution in [2.75, 3.05) is 9.74 Å². The van der Waals surface area contributed by atoms with Gasteiger partial charge in [0.15, 0.2) is 5.65 Å². The summed E-state index contributed by atoms with van der Waals surface area (Å²) in [5.74, 6) is -0.335. The Balaban J connectivity index is 1.88.